The summed E-state index contributed by atoms with van der Waals surface area (Å²) >= 11 is 0. The Labute approximate surface area is 146 Å². The summed E-state index contributed by atoms with van der Waals surface area (Å²) in [5.41, 5.74) is 2.38. The predicted octanol–water partition coefficient (Wildman–Crippen LogP) is 4.05. The fourth-order valence-corrected chi connectivity index (χ4v) is 3.32. The van der Waals surface area contributed by atoms with Crippen LogP contribution in [0.25, 0.3) is 10.9 Å². The van der Waals surface area contributed by atoms with Gasteiger partial charge in [-0.25, -0.2) is 9.97 Å². The van der Waals surface area contributed by atoms with Crippen molar-refractivity contribution in [1.29, 1.82) is 0 Å². The molecule has 5 nitrogen and oxygen atoms in total. The Morgan fingerprint density at radius 2 is 1.84 bits per heavy atom. The summed E-state index contributed by atoms with van der Waals surface area (Å²) in [6.45, 7) is 0. The number of aromatic nitrogens is 2. The minimum atomic E-state index is -0.0110. The van der Waals surface area contributed by atoms with E-state index >= 15 is 0 Å². The van der Waals surface area contributed by atoms with Gasteiger partial charge in [0.15, 0.2) is 0 Å². The van der Waals surface area contributed by atoms with Gasteiger partial charge in [-0.2, -0.15) is 0 Å². The number of carbonyl (C=O) groups is 1. The molecule has 1 fully saturated rings. The molecule has 25 heavy (non-hydrogen) atoms. The van der Waals surface area contributed by atoms with Crippen molar-refractivity contribution >= 4 is 28.3 Å². The van der Waals surface area contributed by atoms with Gasteiger partial charge in [-0.3, -0.25) is 4.79 Å². The first kappa shape index (κ1) is 15.6. The van der Waals surface area contributed by atoms with E-state index in [1.54, 1.807) is 6.33 Å². The maximum absolute atomic E-state index is 12.5. The molecule has 3 aromatic rings. The van der Waals surface area contributed by atoms with E-state index in [0.717, 1.165) is 35.2 Å². The fraction of sp³-hybridized carbons (Fsp3) is 0.250. The van der Waals surface area contributed by atoms with E-state index in [0.29, 0.717) is 11.6 Å². The topological polar surface area (TPSA) is 66.9 Å². The third-order valence-corrected chi connectivity index (χ3v) is 4.62. The second kappa shape index (κ2) is 6.89. The van der Waals surface area contributed by atoms with Crippen molar-refractivity contribution in [2.24, 2.45) is 0 Å². The summed E-state index contributed by atoms with van der Waals surface area (Å²) in [4.78, 5) is 21.1. The number of fused-ring (bicyclic) bond motifs is 1. The van der Waals surface area contributed by atoms with E-state index in [9.17, 15) is 4.79 Å². The van der Waals surface area contributed by atoms with Crippen LogP contribution in [0.15, 0.2) is 54.9 Å². The maximum atomic E-state index is 12.5. The largest absolute Gasteiger partial charge is 0.349 e. The molecular formula is C20H20N4O. The second-order valence-electron chi connectivity index (χ2n) is 6.40. The first-order valence-electron chi connectivity index (χ1n) is 8.67. The molecule has 1 aliphatic carbocycles. The van der Waals surface area contributed by atoms with Crippen molar-refractivity contribution in [3.8, 4) is 0 Å². The summed E-state index contributed by atoms with van der Waals surface area (Å²) in [6, 6.07) is 15.7. The molecule has 1 aromatic heterocycles. The van der Waals surface area contributed by atoms with Crippen LogP contribution in [0.1, 0.15) is 36.0 Å². The Bertz CT molecular complexity index is 898. The Balaban J connectivity index is 1.55. The minimum Gasteiger partial charge on any atom is -0.349 e. The lowest BCUT2D eigenvalue weighted by Crippen LogP contribution is -2.32. The maximum Gasteiger partial charge on any atom is 0.251 e. The Morgan fingerprint density at radius 1 is 1.00 bits per heavy atom. The molecule has 5 heteroatoms. The lowest BCUT2D eigenvalue weighted by molar-refractivity contribution is 0.0938. The van der Waals surface area contributed by atoms with Gasteiger partial charge in [0.2, 0.25) is 0 Å². The zero-order valence-corrected chi connectivity index (χ0v) is 13.9. The zero-order chi connectivity index (χ0) is 17.1. The molecule has 4 rings (SSSR count). The van der Waals surface area contributed by atoms with Crippen molar-refractivity contribution in [2.75, 3.05) is 5.32 Å². The van der Waals surface area contributed by atoms with Gasteiger partial charge in [-0.05, 0) is 43.2 Å². The van der Waals surface area contributed by atoms with Gasteiger partial charge in [0.25, 0.3) is 5.91 Å². The molecule has 0 aliphatic heterocycles. The molecule has 1 aliphatic rings. The number of amides is 1. The van der Waals surface area contributed by atoms with E-state index in [4.69, 9.17) is 0 Å². The van der Waals surface area contributed by atoms with Crippen LogP contribution >= 0.6 is 0 Å². The lowest BCUT2D eigenvalue weighted by Gasteiger charge is -2.13. The van der Waals surface area contributed by atoms with Gasteiger partial charge in [-0.15, -0.1) is 0 Å². The number of carbonyl (C=O) groups excluding carboxylic acids is 1. The van der Waals surface area contributed by atoms with Gasteiger partial charge in [0.1, 0.15) is 12.1 Å². The van der Waals surface area contributed by atoms with E-state index < -0.39 is 0 Å². The first-order chi connectivity index (χ1) is 12.3. The van der Waals surface area contributed by atoms with Crippen LogP contribution in [0, 0.1) is 0 Å². The average Bonchev–Trinajstić information content (AvgIpc) is 3.15. The molecule has 0 radical (unpaired) electrons. The van der Waals surface area contributed by atoms with Gasteiger partial charge >= 0.3 is 0 Å². The van der Waals surface area contributed by atoms with Gasteiger partial charge in [0, 0.05) is 22.7 Å². The van der Waals surface area contributed by atoms with Crippen molar-refractivity contribution in [3.63, 3.8) is 0 Å². The fourth-order valence-electron chi connectivity index (χ4n) is 3.32. The van der Waals surface area contributed by atoms with E-state index in [1.165, 1.54) is 12.8 Å². The van der Waals surface area contributed by atoms with Crippen LogP contribution < -0.4 is 10.6 Å². The van der Waals surface area contributed by atoms with E-state index in [2.05, 4.69) is 20.6 Å². The molecule has 2 N–H and O–H groups in total. The molecule has 1 heterocycles. The third-order valence-electron chi connectivity index (χ3n) is 4.62. The molecule has 1 saturated carbocycles. The smallest absolute Gasteiger partial charge is 0.251 e. The number of para-hydroxylation sites is 1. The SMILES string of the molecule is O=C(NC1CCCC1)c1cccc(Nc2ncnc3ccccc23)c1. The quantitative estimate of drug-likeness (QED) is 0.756. The Kier molecular flexibility index (Phi) is 4.29. The minimum absolute atomic E-state index is 0.0110. The zero-order valence-electron chi connectivity index (χ0n) is 13.9. The summed E-state index contributed by atoms with van der Waals surface area (Å²) in [7, 11) is 0. The van der Waals surface area contributed by atoms with Gasteiger partial charge in [-0.1, -0.05) is 31.0 Å². The molecule has 0 bridgehead atoms. The normalized spacial score (nSPS) is 14.6. The van der Waals surface area contributed by atoms with Crippen LogP contribution in [-0.4, -0.2) is 21.9 Å². The van der Waals surface area contributed by atoms with Crippen LogP contribution in [0.2, 0.25) is 0 Å². The Hall–Kier alpha value is -2.95. The third kappa shape index (κ3) is 3.45. The number of benzene rings is 2. The van der Waals surface area contributed by atoms with Gasteiger partial charge in [0.05, 0.1) is 5.52 Å². The highest BCUT2D eigenvalue weighted by atomic mass is 16.1. The van der Waals surface area contributed by atoms with E-state index in [1.807, 2.05) is 48.5 Å². The number of nitrogens with zero attached hydrogens (tertiary/aromatic N) is 2. The number of nitrogens with one attached hydrogen (secondary N) is 2. The standard InChI is InChI=1S/C20H20N4O/c25-20(24-15-7-1-2-8-15)14-6-5-9-16(12-14)23-19-17-10-3-4-11-18(17)21-13-22-19/h3-6,9-13,15H,1-2,7-8H2,(H,24,25)(H,21,22,23). The highest BCUT2D eigenvalue weighted by Gasteiger charge is 2.18. The summed E-state index contributed by atoms with van der Waals surface area (Å²) in [6.07, 6.45) is 6.11. The molecule has 0 spiro atoms. The Morgan fingerprint density at radius 3 is 2.72 bits per heavy atom. The van der Waals surface area contributed by atoms with E-state index in [-0.39, 0.29) is 5.91 Å². The molecule has 2 aromatic carbocycles. The van der Waals surface area contributed by atoms with Crippen molar-refractivity contribution in [2.45, 2.75) is 31.7 Å². The molecule has 0 unspecified atom stereocenters. The average molecular weight is 332 g/mol. The first-order valence-corrected chi connectivity index (χ1v) is 8.67. The number of anilines is 2. The molecule has 0 atom stereocenters. The summed E-state index contributed by atoms with van der Waals surface area (Å²) in [5, 5.41) is 7.38. The highest BCUT2D eigenvalue weighted by Crippen LogP contribution is 2.23. The van der Waals surface area contributed by atoms with Crippen LogP contribution in [0.5, 0.6) is 0 Å². The molecule has 0 saturated heterocycles. The van der Waals surface area contributed by atoms with Crippen LogP contribution in [0.4, 0.5) is 11.5 Å². The molecule has 1 amide bonds. The number of hydrogen-bond acceptors (Lipinski definition) is 4. The number of hydrogen-bond donors (Lipinski definition) is 2. The lowest BCUT2D eigenvalue weighted by atomic mass is 10.1. The highest BCUT2D eigenvalue weighted by molar-refractivity contribution is 5.96. The summed E-state index contributed by atoms with van der Waals surface area (Å²) in [5.74, 6) is 0.724. The van der Waals surface area contributed by atoms with Crippen molar-refractivity contribution < 1.29 is 4.79 Å². The van der Waals surface area contributed by atoms with Crippen LogP contribution in [0.3, 0.4) is 0 Å². The molecule has 126 valence electrons. The molecular weight excluding hydrogens is 312 g/mol. The monoisotopic (exact) mass is 332 g/mol. The summed E-state index contributed by atoms with van der Waals surface area (Å²) < 4.78 is 0. The van der Waals surface area contributed by atoms with Crippen molar-refractivity contribution in [3.05, 3.63) is 60.4 Å². The van der Waals surface area contributed by atoms with Gasteiger partial charge < -0.3 is 10.6 Å². The second-order valence-corrected chi connectivity index (χ2v) is 6.40. The predicted molar refractivity (Wildman–Crippen MR) is 99.0 cm³/mol. The van der Waals surface area contributed by atoms with Crippen LogP contribution in [-0.2, 0) is 0 Å². The number of rotatable bonds is 4. The van der Waals surface area contributed by atoms with Crippen molar-refractivity contribution in [1.82, 2.24) is 15.3 Å².